The van der Waals surface area contributed by atoms with E-state index in [0.29, 0.717) is 0 Å². The molecule has 1 atom stereocenters. The molecule has 0 bridgehead atoms. The molecule has 0 aliphatic heterocycles. The van der Waals surface area contributed by atoms with E-state index in [-0.39, 0.29) is 11.8 Å². The average Bonchev–Trinajstić information content (AvgIpc) is 2.09. The molecule has 0 saturated heterocycles. The van der Waals surface area contributed by atoms with Crippen LogP contribution in [0.2, 0.25) is 0 Å². The fraction of sp³-hybridized carbons (Fsp3) is 0.300. The van der Waals surface area contributed by atoms with Crippen molar-refractivity contribution in [2.24, 2.45) is 0 Å². The molecule has 1 aromatic carbocycles. The lowest BCUT2D eigenvalue weighted by atomic mass is 10.1. The standard InChI is InChI=1S/C10H12N2O/c1-12(2)10(7-11)8-3-5-9(13)6-4-8/h3-6,10,13H,1-2H3. The fourth-order valence-electron chi connectivity index (χ4n) is 1.14. The number of phenolic OH excluding ortho intramolecular Hbond substituents is 1. The van der Waals surface area contributed by atoms with Crippen molar-refractivity contribution in [2.45, 2.75) is 6.04 Å². The summed E-state index contributed by atoms with van der Waals surface area (Å²) in [6.07, 6.45) is 0. The van der Waals surface area contributed by atoms with Crippen LogP contribution in [0.4, 0.5) is 0 Å². The first-order chi connectivity index (χ1) is 6.15. The van der Waals surface area contributed by atoms with Crippen LogP contribution in [-0.2, 0) is 0 Å². The summed E-state index contributed by atoms with van der Waals surface area (Å²) in [4.78, 5) is 1.83. The zero-order valence-electron chi connectivity index (χ0n) is 7.73. The third-order valence-electron chi connectivity index (χ3n) is 1.85. The topological polar surface area (TPSA) is 47.3 Å². The molecule has 13 heavy (non-hydrogen) atoms. The molecule has 1 rings (SSSR count). The minimum Gasteiger partial charge on any atom is -0.508 e. The van der Waals surface area contributed by atoms with Crippen molar-refractivity contribution in [3.05, 3.63) is 29.8 Å². The summed E-state index contributed by atoms with van der Waals surface area (Å²) in [5.74, 6) is 0.221. The summed E-state index contributed by atoms with van der Waals surface area (Å²) in [5, 5.41) is 17.9. The molecule has 1 aromatic rings. The maximum absolute atomic E-state index is 9.05. The summed E-state index contributed by atoms with van der Waals surface area (Å²) < 4.78 is 0. The van der Waals surface area contributed by atoms with Crippen molar-refractivity contribution in [2.75, 3.05) is 14.1 Å². The van der Waals surface area contributed by atoms with Crippen molar-refractivity contribution in [1.82, 2.24) is 4.90 Å². The molecule has 1 N–H and O–H groups in total. The quantitative estimate of drug-likeness (QED) is 0.743. The number of nitrogens with zero attached hydrogens (tertiary/aromatic N) is 2. The van der Waals surface area contributed by atoms with E-state index in [1.807, 2.05) is 19.0 Å². The van der Waals surface area contributed by atoms with Crippen LogP contribution in [0.5, 0.6) is 5.75 Å². The van der Waals surface area contributed by atoms with E-state index >= 15 is 0 Å². The van der Waals surface area contributed by atoms with E-state index in [0.717, 1.165) is 5.56 Å². The lowest BCUT2D eigenvalue weighted by molar-refractivity contribution is 0.358. The van der Waals surface area contributed by atoms with Crippen LogP contribution < -0.4 is 0 Å². The molecule has 0 spiro atoms. The molecule has 0 amide bonds. The third kappa shape index (κ3) is 2.20. The largest absolute Gasteiger partial charge is 0.508 e. The maximum Gasteiger partial charge on any atom is 0.123 e. The Morgan fingerprint density at radius 1 is 1.31 bits per heavy atom. The normalized spacial score (nSPS) is 12.5. The highest BCUT2D eigenvalue weighted by molar-refractivity contribution is 5.30. The van der Waals surface area contributed by atoms with Crippen molar-refractivity contribution < 1.29 is 5.11 Å². The molecule has 0 aromatic heterocycles. The maximum atomic E-state index is 9.05. The van der Waals surface area contributed by atoms with Gasteiger partial charge in [-0.3, -0.25) is 4.90 Å². The van der Waals surface area contributed by atoms with E-state index in [2.05, 4.69) is 6.07 Å². The Morgan fingerprint density at radius 2 is 1.85 bits per heavy atom. The number of nitriles is 1. The first-order valence-electron chi connectivity index (χ1n) is 4.00. The Bertz CT molecular complexity index is 311. The van der Waals surface area contributed by atoms with E-state index in [4.69, 9.17) is 10.4 Å². The molecular formula is C10H12N2O. The Balaban J connectivity index is 2.94. The predicted octanol–water partition coefficient (Wildman–Crippen LogP) is 1.52. The first-order valence-corrected chi connectivity index (χ1v) is 4.00. The number of phenols is 1. The highest BCUT2D eigenvalue weighted by Crippen LogP contribution is 2.19. The van der Waals surface area contributed by atoms with E-state index in [1.54, 1.807) is 24.3 Å². The van der Waals surface area contributed by atoms with Gasteiger partial charge in [0.1, 0.15) is 11.8 Å². The van der Waals surface area contributed by atoms with Crippen molar-refractivity contribution in [3.63, 3.8) is 0 Å². The number of aromatic hydroxyl groups is 1. The predicted molar refractivity (Wildman–Crippen MR) is 50.1 cm³/mol. The second-order valence-corrected chi connectivity index (χ2v) is 3.09. The molecule has 0 radical (unpaired) electrons. The van der Waals surface area contributed by atoms with Crippen LogP contribution in [0.25, 0.3) is 0 Å². The molecule has 0 aliphatic rings. The van der Waals surface area contributed by atoms with Gasteiger partial charge in [0.15, 0.2) is 0 Å². The molecule has 68 valence electrons. The van der Waals surface area contributed by atoms with Gasteiger partial charge in [-0.2, -0.15) is 5.26 Å². The van der Waals surface area contributed by atoms with Crippen molar-refractivity contribution >= 4 is 0 Å². The molecule has 0 fully saturated rings. The second kappa shape index (κ2) is 3.92. The lowest BCUT2D eigenvalue weighted by Crippen LogP contribution is -2.17. The highest BCUT2D eigenvalue weighted by Gasteiger charge is 2.11. The third-order valence-corrected chi connectivity index (χ3v) is 1.85. The summed E-state index contributed by atoms with van der Waals surface area (Å²) in [5.41, 5.74) is 0.894. The van der Waals surface area contributed by atoms with Crippen LogP contribution in [0, 0.1) is 11.3 Å². The number of rotatable bonds is 2. The van der Waals surface area contributed by atoms with Crippen LogP contribution in [0.1, 0.15) is 11.6 Å². The smallest absolute Gasteiger partial charge is 0.123 e. The van der Waals surface area contributed by atoms with Gasteiger partial charge >= 0.3 is 0 Å². The fourth-order valence-corrected chi connectivity index (χ4v) is 1.14. The summed E-state index contributed by atoms with van der Waals surface area (Å²) >= 11 is 0. The van der Waals surface area contributed by atoms with E-state index in [9.17, 15) is 0 Å². The van der Waals surface area contributed by atoms with Crippen LogP contribution in [-0.4, -0.2) is 24.1 Å². The Kier molecular flexibility index (Phi) is 2.88. The summed E-state index contributed by atoms with van der Waals surface area (Å²) in [7, 11) is 3.70. The van der Waals surface area contributed by atoms with E-state index < -0.39 is 0 Å². The SMILES string of the molecule is CN(C)C(C#N)c1ccc(O)cc1. The molecule has 0 heterocycles. The van der Waals surface area contributed by atoms with Gasteiger partial charge in [-0.05, 0) is 31.8 Å². The molecule has 1 unspecified atom stereocenters. The van der Waals surface area contributed by atoms with Gasteiger partial charge in [-0.15, -0.1) is 0 Å². The van der Waals surface area contributed by atoms with Crippen molar-refractivity contribution in [1.29, 1.82) is 5.26 Å². The van der Waals surface area contributed by atoms with Crippen molar-refractivity contribution in [3.8, 4) is 11.8 Å². The molecular weight excluding hydrogens is 164 g/mol. The number of benzene rings is 1. The number of hydrogen-bond donors (Lipinski definition) is 1. The van der Waals surface area contributed by atoms with Gasteiger partial charge in [-0.1, -0.05) is 12.1 Å². The summed E-state index contributed by atoms with van der Waals surface area (Å²) in [6.45, 7) is 0. The lowest BCUT2D eigenvalue weighted by Gasteiger charge is -2.17. The Morgan fingerprint density at radius 3 is 2.23 bits per heavy atom. The van der Waals surface area contributed by atoms with E-state index in [1.165, 1.54) is 0 Å². The minimum absolute atomic E-state index is 0.221. The molecule has 0 aliphatic carbocycles. The van der Waals surface area contributed by atoms with Gasteiger partial charge in [0, 0.05) is 0 Å². The molecule has 3 nitrogen and oxygen atoms in total. The Hall–Kier alpha value is -1.53. The van der Waals surface area contributed by atoms with Gasteiger partial charge in [0.05, 0.1) is 6.07 Å². The second-order valence-electron chi connectivity index (χ2n) is 3.09. The molecule has 3 heteroatoms. The van der Waals surface area contributed by atoms with Gasteiger partial charge < -0.3 is 5.11 Å². The monoisotopic (exact) mass is 176 g/mol. The van der Waals surface area contributed by atoms with Crippen LogP contribution in [0.15, 0.2) is 24.3 Å². The minimum atomic E-state index is -0.249. The highest BCUT2D eigenvalue weighted by atomic mass is 16.3. The molecule has 0 saturated carbocycles. The van der Waals surface area contributed by atoms with Gasteiger partial charge in [0.25, 0.3) is 0 Å². The average molecular weight is 176 g/mol. The van der Waals surface area contributed by atoms with Crippen LogP contribution >= 0.6 is 0 Å². The van der Waals surface area contributed by atoms with Crippen LogP contribution in [0.3, 0.4) is 0 Å². The van der Waals surface area contributed by atoms with Gasteiger partial charge in [-0.25, -0.2) is 0 Å². The first kappa shape index (κ1) is 9.56. The van der Waals surface area contributed by atoms with Gasteiger partial charge in [0.2, 0.25) is 0 Å². The Labute approximate surface area is 77.8 Å². The number of hydrogen-bond acceptors (Lipinski definition) is 3. The zero-order chi connectivity index (χ0) is 9.84. The zero-order valence-corrected chi connectivity index (χ0v) is 7.73. The summed E-state index contributed by atoms with van der Waals surface area (Å²) in [6, 6.07) is 8.61.